The Hall–Kier alpha value is -6.00. The lowest BCUT2D eigenvalue weighted by Crippen LogP contribution is -2.30. The molecule has 218 valence electrons. The summed E-state index contributed by atoms with van der Waals surface area (Å²) in [6, 6.07) is 45.2. The number of aryl methyl sites for hydroxylation is 2. The SMILES string of the molecule is C[n+]1c2ccccc2c(-c2cccc(C=O)c2-c2c(C=O)cccc2-c2c3ccccc3[n+](C)c3ccccc23)c2ccccc21. The van der Waals surface area contributed by atoms with Crippen LogP contribution in [-0.4, -0.2) is 12.6 Å². The molecule has 0 amide bonds. The highest BCUT2D eigenvalue weighted by atomic mass is 16.1. The maximum atomic E-state index is 13.0. The number of hydrogen-bond acceptors (Lipinski definition) is 2. The van der Waals surface area contributed by atoms with Crippen molar-refractivity contribution in [2.75, 3.05) is 0 Å². The number of pyridine rings is 2. The Labute approximate surface area is 266 Å². The molecule has 0 N–H and O–H groups in total. The van der Waals surface area contributed by atoms with Crippen molar-refractivity contribution in [1.82, 2.24) is 0 Å². The molecule has 4 nitrogen and oxygen atoms in total. The predicted octanol–water partition coefficient (Wildman–Crippen LogP) is 8.57. The first-order valence-corrected chi connectivity index (χ1v) is 15.4. The maximum Gasteiger partial charge on any atom is 0.213 e. The Bertz CT molecular complexity index is 2260. The Balaban J connectivity index is 1.59. The van der Waals surface area contributed by atoms with E-state index in [1.165, 1.54) is 0 Å². The fourth-order valence-corrected chi connectivity index (χ4v) is 7.35. The van der Waals surface area contributed by atoms with Gasteiger partial charge in [0.05, 0.1) is 21.5 Å². The van der Waals surface area contributed by atoms with E-state index in [1.807, 2.05) is 24.3 Å². The summed E-state index contributed by atoms with van der Waals surface area (Å²) >= 11 is 0. The second-order valence-electron chi connectivity index (χ2n) is 11.7. The minimum atomic E-state index is 0.532. The van der Waals surface area contributed by atoms with Crippen LogP contribution < -0.4 is 9.13 Å². The third-order valence-corrected chi connectivity index (χ3v) is 9.37. The van der Waals surface area contributed by atoms with E-state index >= 15 is 0 Å². The number of hydrogen-bond donors (Lipinski definition) is 0. The van der Waals surface area contributed by atoms with Gasteiger partial charge in [-0.2, -0.15) is 9.13 Å². The first-order chi connectivity index (χ1) is 22.6. The van der Waals surface area contributed by atoms with Crippen molar-refractivity contribution in [1.29, 1.82) is 0 Å². The molecule has 8 aromatic rings. The lowest BCUT2D eigenvalue weighted by Gasteiger charge is -2.21. The summed E-state index contributed by atoms with van der Waals surface area (Å²) in [7, 11) is 4.17. The zero-order chi connectivity index (χ0) is 31.4. The van der Waals surface area contributed by atoms with Gasteiger partial charge < -0.3 is 0 Å². The molecule has 8 rings (SSSR count). The van der Waals surface area contributed by atoms with E-state index < -0.39 is 0 Å². The number of aromatic nitrogens is 2. The van der Waals surface area contributed by atoms with Crippen LogP contribution in [0.1, 0.15) is 20.7 Å². The molecule has 0 atom stereocenters. The number of rotatable bonds is 5. The number of nitrogens with zero attached hydrogens (tertiary/aromatic N) is 2. The number of carbonyl (C=O) groups is 2. The van der Waals surface area contributed by atoms with Crippen molar-refractivity contribution in [3.8, 4) is 33.4 Å². The number of aldehydes is 2. The highest BCUT2D eigenvalue weighted by Gasteiger charge is 2.27. The van der Waals surface area contributed by atoms with Crippen molar-refractivity contribution in [2.24, 2.45) is 14.1 Å². The van der Waals surface area contributed by atoms with E-state index in [9.17, 15) is 9.59 Å². The molecule has 2 aromatic heterocycles. The van der Waals surface area contributed by atoms with E-state index in [0.717, 1.165) is 89.6 Å². The van der Waals surface area contributed by atoms with E-state index in [-0.39, 0.29) is 0 Å². The molecular formula is C42H30N2O2+2. The number of carbonyl (C=O) groups excluding carboxylic acids is 2. The molecule has 0 aliphatic heterocycles. The van der Waals surface area contributed by atoms with Gasteiger partial charge in [0.1, 0.15) is 14.1 Å². The quantitative estimate of drug-likeness (QED) is 0.114. The molecule has 0 saturated carbocycles. The van der Waals surface area contributed by atoms with Gasteiger partial charge in [-0.05, 0) is 35.4 Å². The van der Waals surface area contributed by atoms with Crippen LogP contribution in [0.25, 0.3) is 77.0 Å². The fourth-order valence-electron chi connectivity index (χ4n) is 7.35. The molecule has 46 heavy (non-hydrogen) atoms. The zero-order valence-electron chi connectivity index (χ0n) is 25.6. The molecule has 0 unspecified atom stereocenters. The summed E-state index contributed by atoms with van der Waals surface area (Å²) in [5.41, 5.74) is 10.8. The number of fused-ring (bicyclic) bond motifs is 4. The lowest BCUT2D eigenvalue weighted by molar-refractivity contribution is -0.617. The smallest absolute Gasteiger partial charge is 0.213 e. The zero-order valence-corrected chi connectivity index (χ0v) is 25.6. The molecule has 2 heterocycles. The van der Waals surface area contributed by atoms with Gasteiger partial charge in [-0.1, -0.05) is 84.9 Å². The van der Waals surface area contributed by atoms with Crippen LogP contribution in [0.3, 0.4) is 0 Å². The Morgan fingerprint density at radius 3 is 0.978 bits per heavy atom. The van der Waals surface area contributed by atoms with Crippen LogP contribution in [0.5, 0.6) is 0 Å². The lowest BCUT2D eigenvalue weighted by atomic mass is 9.81. The first kappa shape index (κ1) is 27.5. The molecule has 0 saturated heterocycles. The minimum absolute atomic E-state index is 0.532. The average molecular weight is 595 g/mol. The van der Waals surface area contributed by atoms with Gasteiger partial charge in [-0.15, -0.1) is 0 Å². The summed E-state index contributed by atoms with van der Waals surface area (Å²) in [5.74, 6) is 0. The van der Waals surface area contributed by atoms with Crippen molar-refractivity contribution >= 4 is 56.2 Å². The molecule has 0 fully saturated rings. The van der Waals surface area contributed by atoms with Gasteiger partial charge in [0.15, 0.2) is 12.6 Å². The van der Waals surface area contributed by atoms with E-state index in [4.69, 9.17) is 0 Å². The van der Waals surface area contributed by atoms with E-state index in [1.54, 1.807) is 0 Å². The summed E-state index contributed by atoms with van der Waals surface area (Å²) in [4.78, 5) is 26.0. The average Bonchev–Trinajstić information content (AvgIpc) is 3.12. The third-order valence-electron chi connectivity index (χ3n) is 9.37. The van der Waals surface area contributed by atoms with E-state index in [0.29, 0.717) is 11.1 Å². The monoisotopic (exact) mass is 594 g/mol. The van der Waals surface area contributed by atoms with Crippen LogP contribution in [0.4, 0.5) is 0 Å². The van der Waals surface area contributed by atoms with Gasteiger partial charge in [-0.3, -0.25) is 9.59 Å². The maximum absolute atomic E-state index is 13.0. The summed E-state index contributed by atoms with van der Waals surface area (Å²) in [6.07, 6.45) is 1.83. The first-order valence-electron chi connectivity index (χ1n) is 15.4. The van der Waals surface area contributed by atoms with Crippen molar-refractivity contribution in [3.05, 3.63) is 145 Å². The van der Waals surface area contributed by atoms with Crippen molar-refractivity contribution in [2.45, 2.75) is 0 Å². The summed E-state index contributed by atoms with van der Waals surface area (Å²) in [6.45, 7) is 0. The molecule has 4 heteroatoms. The van der Waals surface area contributed by atoms with Crippen LogP contribution >= 0.6 is 0 Å². The third kappa shape index (κ3) is 4.00. The largest absolute Gasteiger partial charge is 0.298 e. The molecule has 0 aliphatic rings. The van der Waals surface area contributed by atoms with Gasteiger partial charge in [-0.25, -0.2) is 0 Å². The molecule has 0 radical (unpaired) electrons. The van der Waals surface area contributed by atoms with E-state index in [2.05, 4.69) is 132 Å². The highest BCUT2D eigenvalue weighted by Crippen LogP contribution is 2.47. The number of para-hydroxylation sites is 4. The standard InChI is InChI=1S/C42H30N2O2/c1-43-35-21-7-3-15-29(35)41(30-16-4-8-22-36(30)43)33-19-11-13-27(25-45)39(33)40-28(26-46)14-12-20-34(40)42-31-17-5-9-23-37(31)44(2)38-24-10-6-18-32(38)42/h3-26H,1-2H3/q+2. The molecular weight excluding hydrogens is 564 g/mol. The van der Waals surface area contributed by atoms with Gasteiger partial charge >= 0.3 is 0 Å². The highest BCUT2D eigenvalue weighted by molar-refractivity contribution is 6.17. The predicted molar refractivity (Wildman–Crippen MR) is 186 cm³/mol. The van der Waals surface area contributed by atoms with Gasteiger partial charge in [0, 0.05) is 57.6 Å². The Morgan fingerprint density at radius 2 is 0.674 bits per heavy atom. The molecule has 6 aromatic carbocycles. The summed E-state index contributed by atoms with van der Waals surface area (Å²) in [5, 5.41) is 4.28. The van der Waals surface area contributed by atoms with Crippen molar-refractivity contribution < 1.29 is 18.7 Å². The normalized spacial score (nSPS) is 11.4. The van der Waals surface area contributed by atoms with Crippen LogP contribution in [0.2, 0.25) is 0 Å². The van der Waals surface area contributed by atoms with Gasteiger partial charge in [0.2, 0.25) is 22.1 Å². The molecule has 0 bridgehead atoms. The fraction of sp³-hybridized carbons (Fsp3) is 0.0476. The Morgan fingerprint density at radius 1 is 0.370 bits per heavy atom. The second-order valence-corrected chi connectivity index (χ2v) is 11.7. The van der Waals surface area contributed by atoms with Gasteiger partial charge in [0.25, 0.3) is 0 Å². The van der Waals surface area contributed by atoms with Crippen molar-refractivity contribution in [3.63, 3.8) is 0 Å². The van der Waals surface area contributed by atoms with Crippen LogP contribution in [0.15, 0.2) is 133 Å². The molecule has 0 spiro atoms. The minimum Gasteiger partial charge on any atom is -0.298 e. The molecule has 0 aliphatic carbocycles. The topological polar surface area (TPSA) is 41.9 Å². The second kappa shape index (κ2) is 10.9. The summed E-state index contributed by atoms with van der Waals surface area (Å²) < 4.78 is 4.43. The Kier molecular flexibility index (Phi) is 6.50. The van der Waals surface area contributed by atoms with Crippen LogP contribution in [-0.2, 0) is 14.1 Å². The number of benzene rings is 6. The van der Waals surface area contributed by atoms with Crippen LogP contribution in [0, 0.1) is 0 Å².